The zero-order valence-corrected chi connectivity index (χ0v) is 24.9. The van der Waals surface area contributed by atoms with Gasteiger partial charge in [0.2, 0.25) is 17.7 Å². The fourth-order valence-corrected chi connectivity index (χ4v) is 5.27. The van der Waals surface area contributed by atoms with Crippen LogP contribution in [0.4, 0.5) is 0 Å². The lowest BCUT2D eigenvalue weighted by molar-refractivity contribution is -0.134. The average Bonchev–Trinajstić information content (AvgIpc) is 3.75. The van der Waals surface area contributed by atoms with Gasteiger partial charge in [0.1, 0.15) is 23.4 Å². The van der Waals surface area contributed by atoms with Crippen LogP contribution in [-0.4, -0.2) is 98.7 Å². The number of Topliss-reactive ketones (excluding diaryl/α,β-unsaturated/α-hetero) is 1. The van der Waals surface area contributed by atoms with E-state index >= 15 is 0 Å². The normalized spacial score (nSPS) is 22.6. The number of hydrogen-bond acceptors (Lipinski definition) is 8. The quantitative estimate of drug-likeness (QED) is 0.220. The van der Waals surface area contributed by atoms with Gasteiger partial charge in [-0.15, -0.1) is 0 Å². The zero-order valence-electron chi connectivity index (χ0n) is 24.9. The van der Waals surface area contributed by atoms with Gasteiger partial charge in [-0.3, -0.25) is 24.1 Å². The summed E-state index contributed by atoms with van der Waals surface area (Å²) in [6.07, 6.45) is 6.79. The molecule has 4 atom stereocenters. The van der Waals surface area contributed by atoms with Gasteiger partial charge in [0.25, 0.3) is 0 Å². The number of nitrogens with one attached hydrogen (secondary N) is 3. The number of epoxide rings is 1. The van der Waals surface area contributed by atoms with E-state index in [2.05, 4.69) is 22.0 Å². The second kappa shape index (κ2) is 14.8. The standard InChI is InChI=1S/C31H44N4O7/c1-21(32-27(36)19-35-13-15-41-16-14-35)29(38)34-26(18-23-9-11-24(40-3)12-10-23)30(39)33-25(28(37)31(2)20-42-31)17-22-7-5-4-6-8-22/h7,9-12,21,25-26H,4-6,8,13-20H2,1-3H3,(H,32,36)(H,33,39)(H,34,38)/t21-,25-,26-,31-/m0/s1. The van der Waals surface area contributed by atoms with Crippen LogP contribution >= 0.6 is 0 Å². The number of nitrogens with zero attached hydrogens (tertiary/aromatic N) is 1. The summed E-state index contributed by atoms with van der Waals surface area (Å²) in [4.78, 5) is 54.9. The van der Waals surface area contributed by atoms with E-state index in [1.54, 1.807) is 33.1 Å². The van der Waals surface area contributed by atoms with Gasteiger partial charge in [-0.25, -0.2) is 0 Å². The van der Waals surface area contributed by atoms with Crippen LogP contribution in [0.1, 0.15) is 51.5 Å². The average molecular weight is 585 g/mol. The molecule has 1 aliphatic carbocycles. The molecule has 3 N–H and O–H groups in total. The third-order valence-corrected chi connectivity index (χ3v) is 8.06. The molecule has 2 aliphatic heterocycles. The third kappa shape index (κ3) is 9.11. The Morgan fingerprint density at radius 1 is 0.976 bits per heavy atom. The molecule has 11 nitrogen and oxygen atoms in total. The number of morpholine rings is 1. The summed E-state index contributed by atoms with van der Waals surface area (Å²) in [7, 11) is 1.57. The molecule has 0 spiro atoms. The molecule has 3 aliphatic rings. The fourth-order valence-electron chi connectivity index (χ4n) is 5.27. The van der Waals surface area contributed by atoms with E-state index in [1.165, 1.54) is 0 Å². The van der Waals surface area contributed by atoms with Crippen molar-refractivity contribution in [2.45, 2.75) is 76.1 Å². The second-order valence-corrected chi connectivity index (χ2v) is 11.5. The number of ketones is 1. The van der Waals surface area contributed by atoms with E-state index in [-0.39, 0.29) is 24.7 Å². The molecule has 11 heteroatoms. The van der Waals surface area contributed by atoms with Gasteiger partial charge in [0, 0.05) is 19.5 Å². The molecule has 0 bridgehead atoms. The van der Waals surface area contributed by atoms with E-state index < -0.39 is 35.5 Å². The monoisotopic (exact) mass is 584 g/mol. The fraction of sp³-hybridized carbons (Fsp3) is 0.613. The highest BCUT2D eigenvalue weighted by atomic mass is 16.6. The maximum absolute atomic E-state index is 13.7. The molecule has 0 radical (unpaired) electrons. The lowest BCUT2D eigenvalue weighted by atomic mass is 9.89. The molecular formula is C31H44N4O7. The highest BCUT2D eigenvalue weighted by Gasteiger charge is 2.50. The lowest BCUT2D eigenvalue weighted by Crippen LogP contribution is -2.57. The van der Waals surface area contributed by atoms with E-state index in [0.29, 0.717) is 45.1 Å². The second-order valence-electron chi connectivity index (χ2n) is 11.5. The van der Waals surface area contributed by atoms with Crippen LogP contribution < -0.4 is 20.7 Å². The summed E-state index contributed by atoms with van der Waals surface area (Å²) < 4.78 is 16.0. The minimum atomic E-state index is -0.979. The van der Waals surface area contributed by atoms with Crippen LogP contribution in [0.5, 0.6) is 5.75 Å². The summed E-state index contributed by atoms with van der Waals surface area (Å²) in [6.45, 7) is 6.25. The predicted molar refractivity (Wildman–Crippen MR) is 156 cm³/mol. The first-order chi connectivity index (χ1) is 20.2. The Kier molecular flexibility index (Phi) is 11.1. The van der Waals surface area contributed by atoms with Gasteiger partial charge in [0.15, 0.2) is 5.78 Å². The molecule has 0 aromatic heterocycles. The number of rotatable bonds is 14. The summed E-state index contributed by atoms with van der Waals surface area (Å²) in [5.41, 5.74) is 1.05. The highest BCUT2D eigenvalue weighted by Crippen LogP contribution is 2.31. The van der Waals surface area contributed by atoms with Crippen molar-refractivity contribution in [2.24, 2.45) is 0 Å². The third-order valence-electron chi connectivity index (χ3n) is 8.06. The predicted octanol–water partition coefficient (Wildman–Crippen LogP) is 1.29. The van der Waals surface area contributed by atoms with Crippen molar-refractivity contribution < 1.29 is 33.4 Å². The van der Waals surface area contributed by atoms with Crippen LogP contribution in [-0.2, 0) is 35.1 Å². The smallest absolute Gasteiger partial charge is 0.243 e. The molecule has 3 amide bonds. The number of ether oxygens (including phenoxy) is 3. The van der Waals surface area contributed by atoms with Crippen LogP contribution in [0.25, 0.3) is 0 Å². The number of carbonyl (C=O) groups excluding carboxylic acids is 4. The van der Waals surface area contributed by atoms with Crippen molar-refractivity contribution >= 4 is 23.5 Å². The van der Waals surface area contributed by atoms with Gasteiger partial charge in [0.05, 0.1) is 39.5 Å². The summed E-state index contributed by atoms with van der Waals surface area (Å²) in [6, 6.07) is 4.61. The Morgan fingerprint density at radius 2 is 1.67 bits per heavy atom. The van der Waals surface area contributed by atoms with Crippen LogP contribution in [0.3, 0.4) is 0 Å². The van der Waals surface area contributed by atoms with Crippen molar-refractivity contribution in [1.82, 2.24) is 20.9 Å². The zero-order chi connectivity index (χ0) is 30.1. The van der Waals surface area contributed by atoms with Gasteiger partial charge in [-0.05, 0) is 63.6 Å². The largest absolute Gasteiger partial charge is 0.497 e. The molecule has 4 rings (SSSR count). The first-order valence-electron chi connectivity index (χ1n) is 14.9. The van der Waals surface area contributed by atoms with Crippen molar-refractivity contribution in [3.8, 4) is 5.75 Å². The van der Waals surface area contributed by atoms with Crippen molar-refractivity contribution in [2.75, 3.05) is 46.6 Å². The highest BCUT2D eigenvalue weighted by molar-refractivity contribution is 5.98. The first-order valence-corrected chi connectivity index (χ1v) is 14.9. The van der Waals surface area contributed by atoms with Crippen LogP contribution in [0.15, 0.2) is 35.9 Å². The molecule has 1 aromatic rings. The number of allylic oxidation sites excluding steroid dienone is 1. The van der Waals surface area contributed by atoms with E-state index in [9.17, 15) is 19.2 Å². The molecule has 2 saturated heterocycles. The van der Waals surface area contributed by atoms with E-state index in [4.69, 9.17) is 14.2 Å². The van der Waals surface area contributed by atoms with Gasteiger partial charge in [-0.1, -0.05) is 23.8 Å². The SMILES string of the molecule is COc1ccc(C[C@H](NC(=O)[C@H](C)NC(=O)CN2CCOCC2)C(=O)N[C@@H](CC2=CCCCC2)C(=O)[C@]2(C)CO2)cc1. The number of carbonyl (C=O) groups is 4. The molecule has 230 valence electrons. The Balaban J connectivity index is 1.45. The summed E-state index contributed by atoms with van der Waals surface area (Å²) in [5.74, 6) is -0.732. The van der Waals surface area contributed by atoms with E-state index in [0.717, 1.165) is 36.8 Å². The first kappa shape index (κ1) is 31.7. The van der Waals surface area contributed by atoms with Crippen molar-refractivity contribution in [3.63, 3.8) is 0 Å². The number of hydrogen-bond donors (Lipinski definition) is 3. The Labute approximate surface area is 247 Å². The molecule has 2 heterocycles. The Bertz CT molecular complexity index is 1140. The molecule has 42 heavy (non-hydrogen) atoms. The van der Waals surface area contributed by atoms with Crippen LogP contribution in [0, 0.1) is 0 Å². The molecule has 0 saturated carbocycles. The van der Waals surface area contributed by atoms with Gasteiger partial charge in [-0.2, -0.15) is 0 Å². The van der Waals surface area contributed by atoms with Crippen molar-refractivity contribution in [1.29, 1.82) is 0 Å². The lowest BCUT2D eigenvalue weighted by Gasteiger charge is -2.27. The van der Waals surface area contributed by atoms with Crippen molar-refractivity contribution in [3.05, 3.63) is 41.5 Å². The number of benzene rings is 1. The number of methoxy groups -OCH3 is 1. The molecule has 1 aromatic carbocycles. The topological polar surface area (TPSA) is 139 Å². The van der Waals surface area contributed by atoms with Gasteiger partial charge >= 0.3 is 0 Å². The molecule has 0 unspecified atom stereocenters. The summed E-state index contributed by atoms with van der Waals surface area (Å²) >= 11 is 0. The molecular weight excluding hydrogens is 540 g/mol. The van der Waals surface area contributed by atoms with E-state index in [1.807, 2.05) is 17.0 Å². The Morgan fingerprint density at radius 3 is 2.29 bits per heavy atom. The maximum atomic E-state index is 13.7. The Hall–Kier alpha value is -3.28. The van der Waals surface area contributed by atoms with Crippen LogP contribution in [0.2, 0.25) is 0 Å². The molecule has 2 fully saturated rings. The summed E-state index contributed by atoms with van der Waals surface area (Å²) in [5, 5.41) is 8.49. The van der Waals surface area contributed by atoms with Gasteiger partial charge < -0.3 is 30.2 Å². The maximum Gasteiger partial charge on any atom is 0.243 e. The minimum absolute atomic E-state index is 0.164. The minimum Gasteiger partial charge on any atom is -0.497 e. The number of amides is 3.